The van der Waals surface area contributed by atoms with E-state index in [-0.39, 0.29) is 18.4 Å². The van der Waals surface area contributed by atoms with Crippen molar-refractivity contribution in [3.8, 4) is 0 Å². The molecule has 0 bridgehead atoms. The highest BCUT2D eigenvalue weighted by Gasteiger charge is 2.20. The van der Waals surface area contributed by atoms with Gasteiger partial charge in [0.05, 0.1) is 0 Å². The van der Waals surface area contributed by atoms with Crippen molar-refractivity contribution in [1.82, 2.24) is 16.0 Å². The van der Waals surface area contributed by atoms with Crippen molar-refractivity contribution in [2.24, 2.45) is 0 Å². The smallest absolute Gasteiger partial charge is 0.407 e. The number of benzene rings is 1. The van der Waals surface area contributed by atoms with E-state index in [0.29, 0.717) is 38.8 Å². The van der Waals surface area contributed by atoms with Crippen LogP contribution in [0.5, 0.6) is 0 Å². The van der Waals surface area contributed by atoms with Crippen molar-refractivity contribution < 1.29 is 19.1 Å². The standard InChI is InChI=1S/C40H71N3O4/c1-3-5-7-9-11-12-13-14-15-16-17-18-19-20-25-32-38(44)43-37(39(45)41-33-27-21-10-8-6-4-2)31-26-28-34-42-40(46)47-35-36-29-23-22-24-30-36/h22-24,29-30,37H,3-21,25-28,31-35H2,1-2H3,(H,41,45)(H,42,46)(H,43,44). The van der Waals surface area contributed by atoms with Gasteiger partial charge in [-0.05, 0) is 37.7 Å². The van der Waals surface area contributed by atoms with Crippen LogP contribution in [0.4, 0.5) is 4.79 Å². The summed E-state index contributed by atoms with van der Waals surface area (Å²) in [6, 6.07) is 9.05. The summed E-state index contributed by atoms with van der Waals surface area (Å²) in [6.07, 6.45) is 28.4. The average molecular weight is 658 g/mol. The molecule has 0 fully saturated rings. The normalized spacial score (nSPS) is 11.6. The first-order valence-electron chi connectivity index (χ1n) is 19.6. The van der Waals surface area contributed by atoms with Gasteiger partial charge in [-0.2, -0.15) is 0 Å². The molecule has 0 aliphatic carbocycles. The van der Waals surface area contributed by atoms with Gasteiger partial charge in [0.25, 0.3) is 0 Å². The molecule has 1 rings (SSSR count). The van der Waals surface area contributed by atoms with Crippen LogP contribution in [0, 0.1) is 0 Å². The molecule has 0 saturated heterocycles. The highest BCUT2D eigenvalue weighted by molar-refractivity contribution is 5.87. The molecule has 1 aromatic rings. The predicted octanol–water partition coefficient (Wildman–Crippen LogP) is 10.3. The Hall–Kier alpha value is -2.57. The van der Waals surface area contributed by atoms with Crippen LogP contribution in [0.15, 0.2) is 30.3 Å². The molecular formula is C40H71N3O4. The lowest BCUT2D eigenvalue weighted by Gasteiger charge is -2.19. The average Bonchev–Trinajstić information content (AvgIpc) is 3.08. The van der Waals surface area contributed by atoms with Gasteiger partial charge in [0.1, 0.15) is 12.6 Å². The van der Waals surface area contributed by atoms with Gasteiger partial charge >= 0.3 is 6.09 Å². The summed E-state index contributed by atoms with van der Waals surface area (Å²) in [4.78, 5) is 37.8. The number of unbranched alkanes of at least 4 members (excludes halogenated alkanes) is 20. The largest absolute Gasteiger partial charge is 0.445 e. The number of ether oxygens (including phenoxy) is 1. The Bertz CT molecular complexity index is 879. The Balaban J connectivity index is 2.24. The summed E-state index contributed by atoms with van der Waals surface area (Å²) in [5.41, 5.74) is 0.942. The van der Waals surface area contributed by atoms with Crippen LogP contribution in [0.25, 0.3) is 0 Å². The van der Waals surface area contributed by atoms with Gasteiger partial charge in [-0.1, -0.05) is 166 Å². The lowest BCUT2D eigenvalue weighted by Crippen LogP contribution is -2.47. The number of nitrogens with one attached hydrogen (secondary N) is 3. The minimum absolute atomic E-state index is 0.0398. The molecule has 1 aromatic carbocycles. The molecule has 0 spiro atoms. The van der Waals surface area contributed by atoms with E-state index in [1.54, 1.807) is 0 Å². The zero-order chi connectivity index (χ0) is 34.0. The van der Waals surface area contributed by atoms with Gasteiger partial charge in [0, 0.05) is 19.5 Å². The third-order valence-electron chi connectivity index (χ3n) is 8.89. The Kier molecular flexibility index (Phi) is 28.9. The summed E-state index contributed by atoms with van der Waals surface area (Å²) >= 11 is 0. The molecule has 7 heteroatoms. The van der Waals surface area contributed by atoms with E-state index in [2.05, 4.69) is 29.8 Å². The monoisotopic (exact) mass is 658 g/mol. The number of rotatable bonds is 32. The summed E-state index contributed by atoms with van der Waals surface area (Å²) in [6.45, 7) is 5.83. The molecule has 0 aliphatic heterocycles. The van der Waals surface area contributed by atoms with Crippen LogP contribution in [0.2, 0.25) is 0 Å². The molecule has 0 heterocycles. The second kappa shape index (κ2) is 32.0. The maximum absolute atomic E-state index is 13.0. The van der Waals surface area contributed by atoms with Gasteiger partial charge in [0.2, 0.25) is 11.8 Å². The number of carbonyl (C=O) groups is 3. The Morgan fingerprint density at radius 2 is 1.04 bits per heavy atom. The van der Waals surface area contributed by atoms with Gasteiger partial charge in [-0.25, -0.2) is 4.79 Å². The van der Waals surface area contributed by atoms with Gasteiger partial charge in [-0.15, -0.1) is 0 Å². The third-order valence-corrected chi connectivity index (χ3v) is 8.89. The molecule has 3 N–H and O–H groups in total. The zero-order valence-corrected chi connectivity index (χ0v) is 30.4. The molecule has 0 saturated carbocycles. The van der Waals surface area contributed by atoms with Crippen LogP contribution in [0.1, 0.15) is 180 Å². The van der Waals surface area contributed by atoms with E-state index in [1.165, 1.54) is 109 Å². The lowest BCUT2D eigenvalue weighted by atomic mass is 10.0. The maximum Gasteiger partial charge on any atom is 0.407 e. The summed E-state index contributed by atoms with van der Waals surface area (Å²) in [7, 11) is 0. The van der Waals surface area contributed by atoms with E-state index in [4.69, 9.17) is 4.74 Å². The minimum atomic E-state index is -0.538. The third kappa shape index (κ3) is 27.1. The quantitative estimate of drug-likeness (QED) is 0.0672. The minimum Gasteiger partial charge on any atom is -0.445 e. The van der Waals surface area contributed by atoms with Crippen molar-refractivity contribution in [2.45, 2.75) is 187 Å². The van der Waals surface area contributed by atoms with E-state index in [0.717, 1.165) is 31.2 Å². The second-order valence-electron chi connectivity index (χ2n) is 13.4. The molecule has 0 aromatic heterocycles. The summed E-state index contributed by atoms with van der Waals surface area (Å²) < 4.78 is 5.27. The molecule has 0 aliphatic rings. The highest BCUT2D eigenvalue weighted by atomic mass is 16.5. The van der Waals surface area contributed by atoms with E-state index < -0.39 is 12.1 Å². The van der Waals surface area contributed by atoms with Crippen molar-refractivity contribution >= 4 is 17.9 Å². The number of alkyl carbamates (subject to hydrolysis) is 1. The van der Waals surface area contributed by atoms with E-state index in [1.807, 2.05) is 30.3 Å². The fourth-order valence-corrected chi connectivity index (χ4v) is 5.87. The first-order chi connectivity index (χ1) is 23.1. The lowest BCUT2D eigenvalue weighted by molar-refractivity contribution is -0.129. The maximum atomic E-state index is 13.0. The van der Waals surface area contributed by atoms with Crippen LogP contribution >= 0.6 is 0 Å². The zero-order valence-electron chi connectivity index (χ0n) is 30.4. The Morgan fingerprint density at radius 1 is 0.574 bits per heavy atom. The molecule has 1 unspecified atom stereocenters. The van der Waals surface area contributed by atoms with Crippen LogP contribution in [0.3, 0.4) is 0 Å². The van der Waals surface area contributed by atoms with Gasteiger partial charge in [0.15, 0.2) is 0 Å². The first-order valence-corrected chi connectivity index (χ1v) is 19.6. The summed E-state index contributed by atoms with van der Waals surface area (Å²) in [5, 5.41) is 8.84. The summed E-state index contributed by atoms with van der Waals surface area (Å²) in [5.74, 6) is -0.138. The van der Waals surface area contributed by atoms with Crippen molar-refractivity contribution in [3.05, 3.63) is 35.9 Å². The van der Waals surface area contributed by atoms with Crippen LogP contribution in [-0.2, 0) is 20.9 Å². The topological polar surface area (TPSA) is 96.5 Å². The van der Waals surface area contributed by atoms with E-state index in [9.17, 15) is 14.4 Å². The SMILES string of the molecule is CCCCCCCCCCCCCCCCCC(=O)NC(CCCCNC(=O)OCc1ccccc1)C(=O)NCCCCCCCC. The number of amides is 3. The van der Waals surface area contributed by atoms with Gasteiger partial charge in [-0.3, -0.25) is 9.59 Å². The number of hydrogen-bond acceptors (Lipinski definition) is 4. The highest BCUT2D eigenvalue weighted by Crippen LogP contribution is 2.14. The van der Waals surface area contributed by atoms with Crippen LogP contribution in [-0.4, -0.2) is 37.0 Å². The predicted molar refractivity (Wildman–Crippen MR) is 196 cm³/mol. The van der Waals surface area contributed by atoms with E-state index >= 15 is 0 Å². The fraction of sp³-hybridized carbons (Fsp3) is 0.775. The van der Waals surface area contributed by atoms with Crippen molar-refractivity contribution in [1.29, 1.82) is 0 Å². The van der Waals surface area contributed by atoms with Crippen molar-refractivity contribution in [2.75, 3.05) is 13.1 Å². The molecule has 7 nitrogen and oxygen atoms in total. The second-order valence-corrected chi connectivity index (χ2v) is 13.4. The molecule has 270 valence electrons. The molecular weight excluding hydrogens is 586 g/mol. The number of hydrogen-bond donors (Lipinski definition) is 3. The fourth-order valence-electron chi connectivity index (χ4n) is 5.87. The van der Waals surface area contributed by atoms with Gasteiger partial charge < -0.3 is 20.7 Å². The van der Waals surface area contributed by atoms with Crippen molar-refractivity contribution in [3.63, 3.8) is 0 Å². The molecule has 47 heavy (non-hydrogen) atoms. The number of carbonyl (C=O) groups excluding carboxylic acids is 3. The Morgan fingerprint density at radius 3 is 1.60 bits per heavy atom. The molecule has 3 amide bonds. The Labute approximate surface area is 288 Å². The molecule has 0 radical (unpaired) electrons. The van der Waals surface area contributed by atoms with Crippen LogP contribution < -0.4 is 16.0 Å². The first kappa shape index (κ1) is 42.5. The molecule has 1 atom stereocenters.